The van der Waals surface area contributed by atoms with E-state index in [1.807, 2.05) is 31.2 Å². The largest absolute Gasteiger partial charge is 0.489 e. The number of carboxylic acid groups (broad SMARTS) is 1. The van der Waals surface area contributed by atoms with E-state index in [0.29, 0.717) is 46.4 Å². The fraction of sp³-hybridized carbons (Fsp3) is 0.233. The second kappa shape index (κ2) is 9.20. The summed E-state index contributed by atoms with van der Waals surface area (Å²) in [6, 6.07) is 16.0. The topological polar surface area (TPSA) is 89.6 Å². The molecule has 1 N–H and O–H groups in total. The Morgan fingerprint density at radius 3 is 2.65 bits per heavy atom. The number of rotatable bonds is 6. The third-order valence-corrected chi connectivity index (χ3v) is 7.51. The molecular formula is C30H24ClNO5. The summed E-state index contributed by atoms with van der Waals surface area (Å²) in [6.07, 6.45) is 3.43. The van der Waals surface area contributed by atoms with Gasteiger partial charge in [-0.1, -0.05) is 35.0 Å². The smallest absolute Gasteiger partial charge is 0.335 e. The van der Waals surface area contributed by atoms with Crippen LogP contribution in [0.15, 0.2) is 59.1 Å². The van der Waals surface area contributed by atoms with Crippen LogP contribution in [-0.2, 0) is 19.4 Å². The van der Waals surface area contributed by atoms with Crippen molar-refractivity contribution < 1.29 is 24.0 Å². The number of aromatic carboxylic acids is 1. The van der Waals surface area contributed by atoms with E-state index in [1.54, 1.807) is 24.3 Å². The maximum atomic E-state index is 13.3. The number of fused-ring (bicyclic) bond motifs is 2. The second-order valence-electron chi connectivity index (χ2n) is 9.69. The van der Waals surface area contributed by atoms with E-state index in [1.165, 1.54) is 6.07 Å². The number of hydrogen-bond donors (Lipinski definition) is 1. The molecule has 0 amide bonds. The Bertz CT molecular complexity index is 1550. The summed E-state index contributed by atoms with van der Waals surface area (Å²) in [5.74, 6) is 0.636. The minimum absolute atomic E-state index is 0.111. The van der Waals surface area contributed by atoms with Gasteiger partial charge in [-0.25, -0.2) is 4.79 Å². The molecule has 1 aromatic heterocycles. The van der Waals surface area contributed by atoms with Crippen LogP contribution < -0.4 is 4.74 Å². The predicted molar refractivity (Wildman–Crippen MR) is 139 cm³/mol. The first-order valence-corrected chi connectivity index (χ1v) is 12.7. The standard InChI is InChI=1S/C30H24ClNO5/c1-16-3-2-4-25(31)26(16)27-24(29(37-32-27)18-7-8-18)15-36-21-11-12-22-19(13-21)9-5-17-6-10-20(30(34)35)14-23(17)28(22)33/h2-4,6,10-14,18H,5,7-9,15H2,1H3,(H,34,35). The Morgan fingerprint density at radius 1 is 1.08 bits per heavy atom. The van der Waals surface area contributed by atoms with E-state index in [-0.39, 0.29) is 18.0 Å². The lowest BCUT2D eigenvalue weighted by Crippen LogP contribution is -2.07. The van der Waals surface area contributed by atoms with Crippen molar-refractivity contribution >= 4 is 23.4 Å². The molecule has 3 aromatic carbocycles. The van der Waals surface area contributed by atoms with Gasteiger partial charge in [0.1, 0.15) is 23.8 Å². The number of nitrogens with zero attached hydrogens (tertiary/aromatic N) is 1. The molecule has 0 atom stereocenters. The van der Waals surface area contributed by atoms with Crippen LogP contribution in [0.3, 0.4) is 0 Å². The van der Waals surface area contributed by atoms with Crippen LogP contribution in [-0.4, -0.2) is 22.0 Å². The first-order valence-electron chi connectivity index (χ1n) is 12.3. The molecule has 0 spiro atoms. The van der Waals surface area contributed by atoms with Gasteiger partial charge < -0.3 is 14.4 Å². The van der Waals surface area contributed by atoms with E-state index in [9.17, 15) is 14.7 Å². The zero-order chi connectivity index (χ0) is 25.7. The molecule has 1 saturated carbocycles. The second-order valence-corrected chi connectivity index (χ2v) is 10.1. The molecule has 6 nitrogen and oxygen atoms in total. The number of benzene rings is 3. The normalized spacial score (nSPS) is 14.6. The van der Waals surface area contributed by atoms with Crippen LogP contribution in [0, 0.1) is 6.92 Å². The van der Waals surface area contributed by atoms with E-state index < -0.39 is 5.97 Å². The lowest BCUT2D eigenvalue weighted by molar-refractivity contribution is 0.0697. The van der Waals surface area contributed by atoms with Gasteiger partial charge in [0.2, 0.25) is 0 Å². The highest BCUT2D eigenvalue weighted by atomic mass is 35.5. The van der Waals surface area contributed by atoms with Crippen LogP contribution >= 0.6 is 11.6 Å². The molecule has 0 aliphatic heterocycles. The molecular weight excluding hydrogens is 490 g/mol. The minimum Gasteiger partial charge on any atom is -0.489 e. The van der Waals surface area contributed by atoms with Crippen molar-refractivity contribution in [3.63, 3.8) is 0 Å². The zero-order valence-electron chi connectivity index (χ0n) is 20.2. The number of halogens is 1. The van der Waals surface area contributed by atoms with E-state index in [0.717, 1.165) is 46.4 Å². The lowest BCUT2D eigenvalue weighted by atomic mass is 9.97. The fourth-order valence-electron chi connectivity index (χ4n) is 5.05. The summed E-state index contributed by atoms with van der Waals surface area (Å²) < 4.78 is 12.0. The quantitative estimate of drug-likeness (QED) is 0.305. The number of carbonyl (C=O) groups is 2. The number of ether oxygens (including phenoxy) is 1. The van der Waals surface area contributed by atoms with Crippen LogP contribution in [0.1, 0.15) is 73.1 Å². The van der Waals surface area contributed by atoms with Crippen molar-refractivity contribution in [2.45, 2.75) is 45.1 Å². The summed E-state index contributed by atoms with van der Waals surface area (Å²) in [6.45, 7) is 2.27. The van der Waals surface area contributed by atoms with E-state index in [4.69, 9.17) is 20.9 Å². The van der Waals surface area contributed by atoms with Gasteiger partial charge in [-0.2, -0.15) is 0 Å². The Kier molecular flexibility index (Phi) is 5.84. The van der Waals surface area contributed by atoms with Crippen molar-refractivity contribution in [2.75, 3.05) is 0 Å². The summed E-state index contributed by atoms with van der Waals surface area (Å²) in [7, 11) is 0. The van der Waals surface area contributed by atoms with Crippen molar-refractivity contribution in [3.05, 3.63) is 104 Å². The Balaban J connectivity index is 1.30. The highest BCUT2D eigenvalue weighted by Crippen LogP contribution is 2.45. The molecule has 1 heterocycles. The maximum absolute atomic E-state index is 13.3. The van der Waals surface area contributed by atoms with Crippen molar-refractivity contribution in [2.24, 2.45) is 0 Å². The molecule has 7 heteroatoms. The average Bonchev–Trinajstić information content (AvgIpc) is 3.67. The van der Waals surface area contributed by atoms with Crippen molar-refractivity contribution in [3.8, 4) is 17.0 Å². The SMILES string of the molecule is Cc1cccc(Cl)c1-c1noc(C2CC2)c1COc1ccc2c(c1)CCc1ccc(C(=O)O)cc1C2=O. The minimum atomic E-state index is -1.05. The number of ketones is 1. The molecule has 6 rings (SSSR count). The zero-order valence-corrected chi connectivity index (χ0v) is 21.0. The van der Waals surface area contributed by atoms with Gasteiger partial charge >= 0.3 is 5.97 Å². The van der Waals surface area contributed by atoms with Crippen LogP contribution in [0.25, 0.3) is 11.3 Å². The van der Waals surface area contributed by atoms with Gasteiger partial charge in [-0.3, -0.25) is 4.79 Å². The molecule has 0 unspecified atom stereocenters. The molecule has 37 heavy (non-hydrogen) atoms. The molecule has 186 valence electrons. The van der Waals surface area contributed by atoms with Crippen LogP contribution in [0.5, 0.6) is 5.75 Å². The Morgan fingerprint density at radius 2 is 1.89 bits per heavy atom. The number of carboxylic acids is 1. The summed E-state index contributed by atoms with van der Waals surface area (Å²) in [5.41, 5.74) is 6.34. The molecule has 0 saturated heterocycles. The van der Waals surface area contributed by atoms with E-state index in [2.05, 4.69) is 5.16 Å². The lowest BCUT2D eigenvalue weighted by Gasteiger charge is -2.12. The van der Waals surface area contributed by atoms with Crippen LogP contribution in [0.4, 0.5) is 0 Å². The molecule has 0 radical (unpaired) electrons. The third-order valence-electron chi connectivity index (χ3n) is 7.20. The Hall–Kier alpha value is -3.90. The maximum Gasteiger partial charge on any atom is 0.335 e. The fourth-order valence-corrected chi connectivity index (χ4v) is 5.36. The number of carbonyl (C=O) groups excluding carboxylic acids is 1. The first-order chi connectivity index (χ1) is 17.9. The van der Waals surface area contributed by atoms with Crippen molar-refractivity contribution in [1.29, 1.82) is 0 Å². The number of aromatic nitrogens is 1. The molecule has 2 aliphatic carbocycles. The van der Waals surface area contributed by atoms with Gasteiger partial charge in [0, 0.05) is 22.6 Å². The predicted octanol–water partition coefficient (Wildman–Crippen LogP) is 6.79. The highest BCUT2D eigenvalue weighted by Gasteiger charge is 2.33. The molecule has 2 aliphatic rings. The van der Waals surface area contributed by atoms with E-state index >= 15 is 0 Å². The molecule has 4 aromatic rings. The van der Waals surface area contributed by atoms with Gasteiger partial charge in [0.25, 0.3) is 0 Å². The molecule has 1 fully saturated rings. The van der Waals surface area contributed by atoms with Gasteiger partial charge in [-0.05, 0) is 85.7 Å². The van der Waals surface area contributed by atoms with Gasteiger partial charge in [-0.15, -0.1) is 0 Å². The van der Waals surface area contributed by atoms with Gasteiger partial charge in [0.05, 0.1) is 16.1 Å². The monoisotopic (exact) mass is 513 g/mol. The number of hydrogen-bond acceptors (Lipinski definition) is 5. The first kappa shape index (κ1) is 23.5. The summed E-state index contributed by atoms with van der Waals surface area (Å²) >= 11 is 6.54. The molecule has 0 bridgehead atoms. The number of aryl methyl sites for hydroxylation is 3. The summed E-state index contributed by atoms with van der Waals surface area (Å²) in [5, 5.41) is 14.4. The third kappa shape index (κ3) is 4.31. The van der Waals surface area contributed by atoms with Crippen LogP contribution in [0.2, 0.25) is 5.02 Å². The summed E-state index contributed by atoms with van der Waals surface area (Å²) in [4.78, 5) is 24.7. The Labute approximate surface area is 218 Å². The van der Waals surface area contributed by atoms with Gasteiger partial charge in [0.15, 0.2) is 5.78 Å². The highest BCUT2D eigenvalue weighted by molar-refractivity contribution is 6.33. The average molecular weight is 514 g/mol. The van der Waals surface area contributed by atoms with Crippen molar-refractivity contribution in [1.82, 2.24) is 5.16 Å².